The van der Waals surface area contributed by atoms with Gasteiger partial charge in [0.15, 0.2) is 0 Å². The van der Waals surface area contributed by atoms with Crippen LogP contribution in [-0.4, -0.2) is 23.9 Å². The zero-order valence-corrected chi connectivity index (χ0v) is 20.1. The van der Waals surface area contributed by atoms with E-state index in [0.717, 1.165) is 11.6 Å². The summed E-state index contributed by atoms with van der Waals surface area (Å²) in [7, 11) is 1.51. The van der Waals surface area contributed by atoms with Crippen LogP contribution in [0, 0.1) is 18.6 Å². The van der Waals surface area contributed by atoms with Gasteiger partial charge < -0.3 is 16.4 Å². The molecule has 1 aromatic heterocycles. The number of nitrogens with one attached hydrogen (secondary N) is 2. The van der Waals surface area contributed by atoms with Crippen LogP contribution in [0.4, 0.5) is 38.1 Å². The molecular formula is C25H26F5N5O. The van der Waals surface area contributed by atoms with Gasteiger partial charge in [0.25, 0.3) is 0 Å². The lowest BCUT2D eigenvalue weighted by Gasteiger charge is -2.14. The second kappa shape index (κ2) is 12.1. The Morgan fingerprint density at radius 1 is 1.00 bits per heavy atom. The quantitative estimate of drug-likeness (QED) is 0.207. The second-order valence-corrected chi connectivity index (χ2v) is 7.66. The topological polar surface area (TPSA) is 92.4 Å². The first-order valence-corrected chi connectivity index (χ1v) is 10.8. The maximum atomic E-state index is 14.7. The average Bonchev–Trinajstić information content (AvgIpc) is 2.81. The van der Waals surface area contributed by atoms with Crippen LogP contribution < -0.4 is 16.4 Å². The van der Waals surface area contributed by atoms with E-state index in [0.29, 0.717) is 34.9 Å². The first-order valence-electron chi connectivity index (χ1n) is 10.8. The number of rotatable bonds is 4. The number of alkyl halides is 3. The lowest BCUT2D eigenvalue weighted by molar-refractivity contribution is -0.137. The van der Waals surface area contributed by atoms with Crippen LogP contribution in [0.2, 0.25) is 0 Å². The first kappa shape index (κ1) is 28.2. The number of urea groups is 1. The van der Waals surface area contributed by atoms with Crippen LogP contribution >= 0.6 is 0 Å². The fourth-order valence-corrected chi connectivity index (χ4v) is 3.09. The van der Waals surface area contributed by atoms with Crippen LogP contribution in [0.25, 0.3) is 11.1 Å². The Labute approximate surface area is 205 Å². The molecular weight excluding hydrogens is 481 g/mol. The maximum absolute atomic E-state index is 14.7. The summed E-state index contributed by atoms with van der Waals surface area (Å²) in [5, 5.41) is 4.10. The van der Waals surface area contributed by atoms with Gasteiger partial charge >= 0.3 is 12.2 Å². The smallest absolute Gasteiger partial charge is 0.383 e. The molecule has 0 saturated carbocycles. The number of aliphatic imine (C=N–C) groups is 1. The molecule has 2 amide bonds. The third-order valence-electron chi connectivity index (χ3n) is 4.70. The summed E-state index contributed by atoms with van der Waals surface area (Å²) in [6.07, 6.45) is -0.399. The highest BCUT2D eigenvalue weighted by atomic mass is 19.4. The van der Waals surface area contributed by atoms with E-state index in [1.54, 1.807) is 13.1 Å². The molecule has 3 rings (SSSR count). The fourth-order valence-electron chi connectivity index (χ4n) is 3.09. The van der Waals surface area contributed by atoms with Crippen molar-refractivity contribution in [3.05, 3.63) is 77.1 Å². The number of aryl methyl sites for hydroxylation is 1. The number of aromatic nitrogens is 1. The summed E-state index contributed by atoms with van der Waals surface area (Å²) in [6.45, 7) is 6.02. The molecule has 0 radical (unpaired) electrons. The Balaban J connectivity index is 0.00000145. The zero-order chi connectivity index (χ0) is 27.0. The molecule has 2 aromatic carbocycles. The molecule has 0 unspecified atom stereocenters. The number of hydrogen-bond acceptors (Lipinski definition) is 3. The van der Waals surface area contributed by atoms with Crippen molar-refractivity contribution in [2.75, 3.05) is 17.7 Å². The number of amidine groups is 1. The normalized spacial score (nSPS) is 11.4. The van der Waals surface area contributed by atoms with E-state index in [4.69, 9.17) is 5.73 Å². The van der Waals surface area contributed by atoms with Gasteiger partial charge in [-0.3, -0.25) is 9.98 Å². The van der Waals surface area contributed by atoms with Gasteiger partial charge in [0.05, 0.1) is 16.9 Å². The summed E-state index contributed by atoms with van der Waals surface area (Å²) >= 11 is 0. The number of pyridine rings is 1. The van der Waals surface area contributed by atoms with Crippen LogP contribution in [0.5, 0.6) is 0 Å². The van der Waals surface area contributed by atoms with E-state index in [9.17, 15) is 26.7 Å². The number of amides is 2. The summed E-state index contributed by atoms with van der Waals surface area (Å²) in [5.41, 5.74) is 6.04. The molecule has 36 heavy (non-hydrogen) atoms. The molecule has 11 heteroatoms. The van der Waals surface area contributed by atoms with Crippen molar-refractivity contribution in [3.63, 3.8) is 0 Å². The number of nitrogens with zero attached hydrogens (tertiary/aromatic N) is 2. The number of benzene rings is 2. The third-order valence-corrected chi connectivity index (χ3v) is 4.70. The van der Waals surface area contributed by atoms with E-state index >= 15 is 0 Å². The molecule has 0 saturated heterocycles. The van der Waals surface area contributed by atoms with E-state index in [1.165, 1.54) is 31.8 Å². The van der Waals surface area contributed by atoms with Crippen LogP contribution in [0.1, 0.15) is 37.0 Å². The van der Waals surface area contributed by atoms with E-state index in [-0.39, 0.29) is 11.5 Å². The monoisotopic (exact) mass is 507 g/mol. The molecule has 6 nitrogen and oxygen atoms in total. The summed E-state index contributed by atoms with van der Waals surface area (Å²) < 4.78 is 67.0. The second-order valence-electron chi connectivity index (χ2n) is 7.66. The number of hydrogen-bond donors (Lipinski definition) is 3. The van der Waals surface area contributed by atoms with Gasteiger partial charge in [0.1, 0.15) is 17.5 Å². The predicted molar refractivity (Wildman–Crippen MR) is 131 cm³/mol. The van der Waals surface area contributed by atoms with Crippen LogP contribution in [0.15, 0.2) is 53.8 Å². The Morgan fingerprint density at radius 3 is 2.22 bits per heavy atom. The van der Waals surface area contributed by atoms with Crippen molar-refractivity contribution >= 4 is 23.2 Å². The lowest BCUT2D eigenvalue weighted by Crippen LogP contribution is -2.21. The Bertz CT molecular complexity index is 1260. The molecule has 0 aliphatic carbocycles. The maximum Gasteiger partial charge on any atom is 0.416 e. The zero-order valence-electron chi connectivity index (χ0n) is 20.1. The van der Waals surface area contributed by atoms with Gasteiger partial charge in [0.2, 0.25) is 0 Å². The number of carbonyl (C=O) groups excluding carboxylic acids is 1. The number of carbonyl (C=O) groups is 1. The van der Waals surface area contributed by atoms with Crippen molar-refractivity contribution in [1.82, 2.24) is 4.98 Å². The third kappa shape index (κ3) is 7.00. The van der Waals surface area contributed by atoms with E-state index < -0.39 is 35.1 Å². The molecule has 0 atom stereocenters. The highest BCUT2D eigenvalue weighted by molar-refractivity contribution is 6.04. The van der Waals surface area contributed by atoms with Gasteiger partial charge in [-0.2, -0.15) is 13.2 Å². The van der Waals surface area contributed by atoms with Gasteiger partial charge in [-0.25, -0.2) is 13.6 Å². The van der Waals surface area contributed by atoms with Crippen LogP contribution in [-0.2, 0) is 6.18 Å². The summed E-state index contributed by atoms with van der Waals surface area (Å²) in [4.78, 5) is 20.2. The fraction of sp³-hybridized carbons (Fsp3) is 0.240. The largest absolute Gasteiger partial charge is 0.416 e. The number of nitrogens with two attached hydrogens (primary N) is 1. The van der Waals surface area contributed by atoms with Crippen molar-refractivity contribution in [1.29, 1.82) is 0 Å². The molecule has 0 aliphatic rings. The molecule has 0 spiro atoms. The molecule has 3 aromatic rings. The van der Waals surface area contributed by atoms with E-state index in [1.807, 2.05) is 5.32 Å². The standard InChI is InChI=1S/C22H18F5N5O.C3H8/c1-11-9-30-10-14(19(11)20(28)29-2)12-3-6-17(16(24)7-12)31-21(33)32-18-8-13(22(25,26)27)4-5-15(18)23;1-3-2/h3-10H,1-2H3,(H2,28,29)(H2,31,32,33);3H2,1-2H3. The summed E-state index contributed by atoms with van der Waals surface area (Å²) in [5.74, 6) is -1.69. The van der Waals surface area contributed by atoms with Crippen molar-refractivity contribution in [3.8, 4) is 11.1 Å². The number of anilines is 2. The van der Waals surface area contributed by atoms with Gasteiger partial charge in [-0.1, -0.05) is 26.3 Å². The molecule has 0 aliphatic heterocycles. The minimum absolute atomic E-state index is 0.231. The van der Waals surface area contributed by atoms with Gasteiger partial charge in [-0.05, 0) is 48.4 Å². The highest BCUT2D eigenvalue weighted by Crippen LogP contribution is 2.32. The predicted octanol–water partition coefficient (Wildman–Crippen LogP) is 6.75. The molecule has 192 valence electrons. The van der Waals surface area contributed by atoms with Crippen molar-refractivity contribution < 1.29 is 26.7 Å². The Morgan fingerprint density at radius 2 is 1.64 bits per heavy atom. The molecule has 1 heterocycles. The van der Waals surface area contributed by atoms with Gasteiger partial charge in [-0.15, -0.1) is 0 Å². The average molecular weight is 508 g/mol. The molecule has 4 N–H and O–H groups in total. The highest BCUT2D eigenvalue weighted by Gasteiger charge is 2.31. The van der Waals surface area contributed by atoms with Crippen LogP contribution in [0.3, 0.4) is 0 Å². The Hall–Kier alpha value is -4.02. The number of halogens is 5. The molecule has 0 bridgehead atoms. The van der Waals surface area contributed by atoms with Gasteiger partial charge in [0, 0.05) is 30.6 Å². The summed E-state index contributed by atoms with van der Waals surface area (Å²) in [6, 6.07) is 4.31. The first-order chi connectivity index (χ1) is 16.9. The van der Waals surface area contributed by atoms with Crippen molar-refractivity contribution in [2.45, 2.75) is 33.4 Å². The molecule has 0 fully saturated rings. The van der Waals surface area contributed by atoms with E-state index in [2.05, 4.69) is 29.1 Å². The SMILES string of the molecule is CCC.CN=C(N)c1c(C)cncc1-c1ccc(NC(=O)Nc2cc(C(F)(F)F)ccc2F)c(F)c1. The minimum Gasteiger partial charge on any atom is -0.383 e. The lowest BCUT2D eigenvalue weighted by atomic mass is 9.97. The van der Waals surface area contributed by atoms with Crippen molar-refractivity contribution in [2.24, 2.45) is 10.7 Å². The Kier molecular flexibility index (Phi) is 9.48. The minimum atomic E-state index is -4.72.